The van der Waals surface area contributed by atoms with Gasteiger partial charge in [-0.1, -0.05) is 19.3 Å². The Kier molecular flexibility index (Phi) is 3.49. The zero-order valence-electron chi connectivity index (χ0n) is 9.95. The minimum Gasteiger partial charge on any atom is -0.396 e. The van der Waals surface area contributed by atoms with Crippen molar-refractivity contribution in [3.8, 4) is 0 Å². The van der Waals surface area contributed by atoms with Gasteiger partial charge in [0.15, 0.2) is 0 Å². The molecule has 1 heterocycles. The van der Waals surface area contributed by atoms with Crippen molar-refractivity contribution in [2.45, 2.75) is 32.1 Å². The zero-order chi connectivity index (χ0) is 11.4. The SMILES string of the molecule is Cn1ccnc1NCC1(CO)CCCCC1. The molecule has 0 aliphatic heterocycles. The number of nitrogens with zero attached hydrogens (tertiary/aromatic N) is 2. The molecule has 1 aromatic heterocycles. The highest BCUT2D eigenvalue weighted by Gasteiger charge is 2.31. The van der Waals surface area contributed by atoms with E-state index in [1.165, 1.54) is 19.3 Å². The molecule has 0 amide bonds. The first-order valence-electron chi connectivity index (χ1n) is 6.08. The van der Waals surface area contributed by atoms with Gasteiger partial charge in [-0.25, -0.2) is 4.98 Å². The number of hydrogen-bond acceptors (Lipinski definition) is 3. The summed E-state index contributed by atoms with van der Waals surface area (Å²) in [5, 5.41) is 12.9. The zero-order valence-corrected chi connectivity index (χ0v) is 9.95. The fraction of sp³-hybridized carbons (Fsp3) is 0.750. The lowest BCUT2D eigenvalue weighted by atomic mass is 9.74. The molecule has 1 saturated carbocycles. The normalized spacial score (nSPS) is 19.6. The predicted octanol–water partition coefficient (Wildman–Crippen LogP) is 1.77. The smallest absolute Gasteiger partial charge is 0.202 e. The third-order valence-electron chi connectivity index (χ3n) is 3.69. The fourth-order valence-electron chi connectivity index (χ4n) is 2.50. The van der Waals surface area contributed by atoms with Crippen molar-refractivity contribution in [1.82, 2.24) is 9.55 Å². The number of nitrogens with one attached hydrogen (secondary N) is 1. The molecule has 2 N–H and O–H groups in total. The molecule has 0 aromatic carbocycles. The van der Waals surface area contributed by atoms with Crippen LogP contribution in [0.5, 0.6) is 0 Å². The molecule has 0 bridgehead atoms. The van der Waals surface area contributed by atoms with Gasteiger partial charge in [-0.3, -0.25) is 0 Å². The number of aromatic nitrogens is 2. The summed E-state index contributed by atoms with van der Waals surface area (Å²) in [5.74, 6) is 0.887. The number of aryl methyl sites for hydroxylation is 1. The van der Waals surface area contributed by atoms with Crippen LogP contribution in [0.4, 0.5) is 5.95 Å². The molecular formula is C12H21N3O. The summed E-state index contributed by atoms with van der Waals surface area (Å²) in [7, 11) is 1.97. The van der Waals surface area contributed by atoms with Crippen molar-refractivity contribution in [1.29, 1.82) is 0 Å². The lowest BCUT2D eigenvalue weighted by Crippen LogP contribution is -2.36. The Balaban J connectivity index is 1.94. The van der Waals surface area contributed by atoms with Crippen molar-refractivity contribution in [3.05, 3.63) is 12.4 Å². The van der Waals surface area contributed by atoms with E-state index in [-0.39, 0.29) is 12.0 Å². The monoisotopic (exact) mass is 223 g/mol. The Morgan fingerprint density at radius 2 is 2.19 bits per heavy atom. The van der Waals surface area contributed by atoms with Crippen LogP contribution in [0.15, 0.2) is 12.4 Å². The molecule has 90 valence electrons. The van der Waals surface area contributed by atoms with Crippen LogP contribution in [0.25, 0.3) is 0 Å². The average Bonchev–Trinajstić information content (AvgIpc) is 2.74. The second kappa shape index (κ2) is 4.87. The van der Waals surface area contributed by atoms with Crippen molar-refractivity contribution in [2.24, 2.45) is 12.5 Å². The number of aliphatic hydroxyl groups excluding tert-OH is 1. The quantitative estimate of drug-likeness (QED) is 0.818. The van der Waals surface area contributed by atoms with Gasteiger partial charge in [-0.2, -0.15) is 0 Å². The second-order valence-corrected chi connectivity index (χ2v) is 4.93. The number of aliphatic hydroxyl groups is 1. The molecule has 0 spiro atoms. The molecule has 16 heavy (non-hydrogen) atoms. The van der Waals surface area contributed by atoms with Crippen LogP contribution in [0.2, 0.25) is 0 Å². The second-order valence-electron chi connectivity index (χ2n) is 4.93. The van der Waals surface area contributed by atoms with Crippen LogP contribution in [-0.2, 0) is 7.05 Å². The standard InChI is InChI=1S/C12H21N3O/c1-15-8-7-13-11(15)14-9-12(10-16)5-3-2-4-6-12/h7-8,16H,2-6,9-10H2,1H3,(H,13,14). The van der Waals surface area contributed by atoms with Gasteiger partial charge in [0.25, 0.3) is 0 Å². The van der Waals surface area contributed by atoms with Gasteiger partial charge in [0, 0.05) is 31.4 Å². The van der Waals surface area contributed by atoms with E-state index in [4.69, 9.17) is 0 Å². The average molecular weight is 223 g/mol. The van der Waals surface area contributed by atoms with E-state index in [1.54, 1.807) is 6.20 Å². The minimum absolute atomic E-state index is 0.0736. The van der Waals surface area contributed by atoms with Gasteiger partial charge < -0.3 is 15.0 Å². The molecule has 2 rings (SSSR count). The topological polar surface area (TPSA) is 50.1 Å². The van der Waals surface area contributed by atoms with E-state index >= 15 is 0 Å². The van der Waals surface area contributed by atoms with Crippen molar-refractivity contribution in [2.75, 3.05) is 18.5 Å². The summed E-state index contributed by atoms with van der Waals surface area (Å²) >= 11 is 0. The van der Waals surface area contributed by atoms with E-state index < -0.39 is 0 Å². The van der Waals surface area contributed by atoms with Gasteiger partial charge in [0.1, 0.15) is 0 Å². The lowest BCUT2D eigenvalue weighted by molar-refractivity contribution is 0.0942. The Morgan fingerprint density at radius 3 is 2.75 bits per heavy atom. The molecule has 0 radical (unpaired) electrons. The molecule has 0 saturated heterocycles. The first-order valence-corrected chi connectivity index (χ1v) is 6.08. The summed E-state index contributed by atoms with van der Waals surface area (Å²) in [6.45, 7) is 1.11. The van der Waals surface area contributed by atoms with E-state index in [0.29, 0.717) is 0 Å². The van der Waals surface area contributed by atoms with Gasteiger partial charge in [0.2, 0.25) is 5.95 Å². The molecular weight excluding hydrogens is 202 g/mol. The third-order valence-corrected chi connectivity index (χ3v) is 3.69. The summed E-state index contributed by atoms with van der Waals surface area (Å²) in [6.07, 6.45) is 9.75. The van der Waals surface area contributed by atoms with Crippen molar-refractivity contribution >= 4 is 5.95 Å². The van der Waals surface area contributed by atoms with Crippen LogP contribution in [-0.4, -0.2) is 27.8 Å². The Hall–Kier alpha value is -1.03. The predicted molar refractivity (Wildman–Crippen MR) is 64.3 cm³/mol. The van der Waals surface area contributed by atoms with Crippen LogP contribution in [0.3, 0.4) is 0 Å². The van der Waals surface area contributed by atoms with E-state index in [9.17, 15) is 5.11 Å². The fourth-order valence-corrected chi connectivity index (χ4v) is 2.50. The number of hydrogen-bond donors (Lipinski definition) is 2. The summed E-state index contributed by atoms with van der Waals surface area (Å²) in [5.41, 5.74) is 0.0736. The molecule has 1 aliphatic rings. The van der Waals surface area contributed by atoms with Crippen LogP contribution in [0, 0.1) is 5.41 Å². The lowest BCUT2D eigenvalue weighted by Gasteiger charge is -2.35. The molecule has 0 atom stereocenters. The van der Waals surface area contributed by atoms with Gasteiger partial charge in [-0.15, -0.1) is 0 Å². The molecule has 1 aromatic rings. The van der Waals surface area contributed by atoms with Gasteiger partial charge in [-0.05, 0) is 12.8 Å². The highest BCUT2D eigenvalue weighted by molar-refractivity contribution is 5.25. The van der Waals surface area contributed by atoms with Crippen LogP contribution < -0.4 is 5.32 Å². The van der Waals surface area contributed by atoms with E-state index in [0.717, 1.165) is 25.3 Å². The maximum absolute atomic E-state index is 9.57. The van der Waals surface area contributed by atoms with Crippen LogP contribution in [0.1, 0.15) is 32.1 Å². The third kappa shape index (κ3) is 2.38. The molecule has 4 nitrogen and oxygen atoms in total. The number of imidazole rings is 1. The van der Waals surface area contributed by atoms with Crippen molar-refractivity contribution < 1.29 is 5.11 Å². The first-order chi connectivity index (χ1) is 7.76. The highest BCUT2D eigenvalue weighted by Crippen LogP contribution is 2.35. The summed E-state index contributed by atoms with van der Waals surface area (Å²) < 4.78 is 1.97. The molecule has 0 unspecified atom stereocenters. The first kappa shape index (κ1) is 11.5. The Bertz CT molecular complexity index is 329. The largest absolute Gasteiger partial charge is 0.396 e. The molecule has 1 fully saturated rings. The summed E-state index contributed by atoms with van der Waals surface area (Å²) in [4.78, 5) is 4.24. The Morgan fingerprint density at radius 1 is 1.44 bits per heavy atom. The van der Waals surface area contributed by atoms with Gasteiger partial charge >= 0.3 is 0 Å². The molecule has 1 aliphatic carbocycles. The number of anilines is 1. The van der Waals surface area contributed by atoms with Gasteiger partial charge in [0.05, 0.1) is 6.61 Å². The highest BCUT2D eigenvalue weighted by atomic mass is 16.3. The van der Waals surface area contributed by atoms with Crippen molar-refractivity contribution in [3.63, 3.8) is 0 Å². The number of rotatable bonds is 4. The van der Waals surface area contributed by atoms with E-state index in [1.807, 2.05) is 17.8 Å². The summed E-state index contributed by atoms with van der Waals surface area (Å²) in [6, 6.07) is 0. The molecule has 4 heteroatoms. The Labute approximate surface area is 96.7 Å². The maximum atomic E-state index is 9.57. The minimum atomic E-state index is 0.0736. The van der Waals surface area contributed by atoms with E-state index in [2.05, 4.69) is 10.3 Å². The maximum Gasteiger partial charge on any atom is 0.202 e. The van der Waals surface area contributed by atoms with Crippen LogP contribution >= 0.6 is 0 Å².